The molecule has 2 aromatic carbocycles. The molecule has 1 unspecified atom stereocenters. The van der Waals surface area contributed by atoms with Gasteiger partial charge in [0.15, 0.2) is 5.65 Å². The summed E-state index contributed by atoms with van der Waals surface area (Å²) < 4.78 is 7.20. The van der Waals surface area contributed by atoms with Crippen LogP contribution in [0.1, 0.15) is 24.6 Å². The molecule has 3 heterocycles. The first kappa shape index (κ1) is 17.3. The van der Waals surface area contributed by atoms with Crippen molar-refractivity contribution >= 4 is 17.4 Å². The van der Waals surface area contributed by atoms with Crippen molar-refractivity contribution in [1.29, 1.82) is 0 Å². The highest BCUT2D eigenvalue weighted by Gasteiger charge is 2.21. The van der Waals surface area contributed by atoms with Gasteiger partial charge in [-0.05, 0) is 42.7 Å². The van der Waals surface area contributed by atoms with Crippen LogP contribution in [0, 0.1) is 0 Å². The van der Waals surface area contributed by atoms with E-state index in [9.17, 15) is 4.79 Å². The van der Waals surface area contributed by atoms with Gasteiger partial charge >= 0.3 is 0 Å². The maximum atomic E-state index is 12.5. The smallest absolute Gasteiger partial charge is 0.273 e. The number of aromatic amines is 1. The first-order valence-electron chi connectivity index (χ1n) is 9.34. The van der Waals surface area contributed by atoms with Gasteiger partial charge in [-0.15, -0.1) is 0 Å². The summed E-state index contributed by atoms with van der Waals surface area (Å²) in [6.07, 6.45) is 3.67. The highest BCUT2D eigenvalue weighted by molar-refractivity contribution is 7.99. The molecule has 1 saturated heterocycles. The Labute approximate surface area is 166 Å². The number of fused-ring (bicyclic) bond motifs is 1. The second-order valence-electron chi connectivity index (χ2n) is 6.81. The highest BCUT2D eigenvalue weighted by Crippen LogP contribution is 2.31. The van der Waals surface area contributed by atoms with Gasteiger partial charge in [-0.2, -0.15) is 0 Å². The number of hydrogen-bond acceptors (Lipinski definition) is 4. The molecule has 1 fully saturated rings. The van der Waals surface area contributed by atoms with E-state index in [-0.39, 0.29) is 11.7 Å². The average molecular weight is 389 g/mol. The zero-order valence-corrected chi connectivity index (χ0v) is 16.0. The Bertz CT molecular complexity index is 1160. The fraction of sp³-hybridized carbons (Fsp3) is 0.182. The molecule has 0 saturated carbocycles. The maximum absolute atomic E-state index is 12.5. The van der Waals surface area contributed by atoms with Crippen molar-refractivity contribution in [2.45, 2.75) is 28.7 Å². The van der Waals surface area contributed by atoms with Crippen molar-refractivity contribution in [3.05, 3.63) is 82.9 Å². The molecule has 0 amide bonds. The number of hydrogen-bond donors (Lipinski definition) is 1. The van der Waals surface area contributed by atoms with Gasteiger partial charge in [-0.25, -0.2) is 9.50 Å². The molecular formula is C22H19N3O2S. The van der Waals surface area contributed by atoms with E-state index in [0.29, 0.717) is 5.65 Å². The van der Waals surface area contributed by atoms with Gasteiger partial charge < -0.3 is 4.74 Å². The predicted octanol–water partition coefficient (Wildman–Crippen LogP) is 4.69. The molecule has 0 spiro atoms. The summed E-state index contributed by atoms with van der Waals surface area (Å²) in [6.45, 7) is 0.728. The Kier molecular flexibility index (Phi) is 4.50. The molecule has 0 radical (unpaired) electrons. The van der Waals surface area contributed by atoms with E-state index in [1.165, 1.54) is 14.3 Å². The summed E-state index contributed by atoms with van der Waals surface area (Å²) >= 11 is 1.72. The van der Waals surface area contributed by atoms with Crippen molar-refractivity contribution < 1.29 is 4.74 Å². The lowest BCUT2D eigenvalue weighted by molar-refractivity contribution is 0.108. The number of ether oxygens (including phenoxy) is 1. The SMILES string of the molecule is O=c1cc(C2CCCO2)nc2c(-c3ccc(Sc4ccccc4)cc3)c[nH]n12. The highest BCUT2D eigenvalue weighted by atomic mass is 32.2. The monoisotopic (exact) mass is 389 g/mol. The van der Waals surface area contributed by atoms with E-state index in [1.807, 2.05) is 24.4 Å². The minimum absolute atomic E-state index is 0.0786. The number of aromatic nitrogens is 3. The fourth-order valence-electron chi connectivity index (χ4n) is 3.51. The second-order valence-corrected chi connectivity index (χ2v) is 7.95. The lowest BCUT2D eigenvalue weighted by Gasteiger charge is -2.09. The minimum atomic E-state index is -0.113. The van der Waals surface area contributed by atoms with Crippen LogP contribution in [0.25, 0.3) is 16.8 Å². The third kappa shape index (κ3) is 3.25. The van der Waals surface area contributed by atoms with E-state index >= 15 is 0 Å². The number of nitrogens with zero attached hydrogens (tertiary/aromatic N) is 2. The molecule has 28 heavy (non-hydrogen) atoms. The number of H-pyrrole nitrogens is 1. The van der Waals surface area contributed by atoms with Crippen molar-refractivity contribution in [2.24, 2.45) is 0 Å². The standard InChI is InChI=1S/C22H19N3O2S/c26-21-13-19(20-7-4-12-27-20)24-22-18(14-23-25(21)22)15-8-10-17(11-9-15)28-16-5-2-1-3-6-16/h1-3,5-6,8-11,13-14,20,23H,4,7,12H2. The van der Waals surface area contributed by atoms with Gasteiger partial charge in [0.25, 0.3) is 5.56 Å². The summed E-state index contributed by atoms with van der Waals surface area (Å²) in [5.41, 5.74) is 3.18. The van der Waals surface area contributed by atoms with Crippen LogP contribution in [-0.4, -0.2) is 21.2 Å². The summed E-state index contributed by atoms with van der Waals surface area (Å²) in [5.74, 6) is 0. The van der Waals surface area contributed by atoms with Gasteiger partial charge in [-0.3, -0.25) is 9.89 Å². The van der Waals surface area contributed by atoms with E-state index in [1.54, 1.807) is 17.8 Å². The quantitative estimate of drug-likeness (QED) is 0.550. The number of rotatable bonds is 4. The fourth-order valence-corrected chi connectivity index (χ4v) is 4.35. The van der Waals surface area contributed by atoms with Crippen LogP contribution < -0.4 is 5.56 Å². The van der Waals surface area contributed by atoms with E-state index in [2.05, 4.69) is 41.5 Å². The second kappa shape index (κ2) is 7.30. The van der Waals surface area contributed by atoms with E-state index in [0.717, 1.165) is 36.3 Å². The molecule has 140 valence electrons. The predicted molar refractivity (Wildman–Crippen MR) is 110 cm³/mol. The first-order valence-corrected chi connectivity index (χ1v) is 10.2. The maximum Gasteiger partial charge on any atom is 0.273 e. The Morgan fingerprint density at radius 2 is 1.86 bits per heavy atom. The molecule has 0 aliphatic carbocycles. The largest absolute Gasteiger partial charge is 0.372 e. The molecule has 0 bridgehead atoms. The van der Waals surface area contributed by atoms with Crippen LogP contribution in [0.3, 0.4) is 0 Å². The molecule has 1 N–H and O–H groups in total. The third-order valence-corrected chi connectivity index (χ3v) is 5.94. The summed E-state index contributed by atoms with van der Waals surface area (Å²) in [6, 6.07) is 20.2. The van der Waals surface area contributed by atoms with E-state index in [4.69, 9.17) is 9.72 Å². The van der Waals surface area contributed by atoms with Gasteiger partial charge in [-0.1, -0.05) is 42.1 Å². The van der Waals surface area contributed by atoms with Gasteiger partial charge in [0.2, 0.25) is 0 Å². The minimum Gasteiger partial charge on any atom is -0.372 e. The first-order chi connectivity index (χ1) is 13.8. The summed E-state index contributed by atoms with van der Waals surface area (Å²) in [5, 5.41) is 3.02. The Morgan fingerprint density at radius 3 is 2.61 bits per heavy atom. The molecule has 1 aliphatic rings. The zero-order chi connectivity index (χ0) is 18.9. The van der Waals surface area contributed by atoms with Crippen LogP contribution in [0.4, 0.5) is 0 Å². The molecular weight excluding hydrogens is 370 g/mol. The van der Waals surface area contributed by atoms with E-state index < -0.39 is 0 Å². The molecule has 1 aliphatic heterocycles. The summed E-state index contributed by atoms with van der Waals surface area (Å²) in [7, 11) is 0. The van der Waals surface area contributed by atoms with Crippen molar-refractivity contribution in [1.82, 2.24) is 14.6 Å². The van der Waals surface area contributed by atoms with Crippen molar-refractivity contribution in [3.8, 4) is 11.1 Å². The van der Waals surface area contributed by atoms with Crippen molar-refractivity contribution in [3.63, 3.8) is 0 Å². The lowest BCUT2D eigenvalue weighted by Crippen LogP contribution is -2.17. The molecule has 5 rings (SSSR count). The van der Waals surface area contributed by atoms with Crippen LogP contribution in [0.15, 0.2) is 81.4 Å². The van der Waals surface area contributed by atoms with Crippen molar-refractivity contribution in [2.75, 3.05) is 6.61 Å². The number of benzene rings is 2. The summed E-state index contributed by atoms with van der Waals surface area (Å²) in [4.78, 5) is 19.6. The molecule has 5 nitrogen and oxygen atoms in total. The Balaban J connectivity index is 1.49. The van der Waals surface area contributed by atoms with Gasteiger partial charge in [0.1, 0.15) is 0 Å². The molecule has 4 aromatic rings. The molecule has 6 heteroatoms. The van der Waals surface area contributed by atoms with Gasteiger partial charge in [0, 0.05) is 34.2 Å². The molecule has 1 atom stereocenters. The van der Waals surface area contributed by atoms with Crippen LogP contribution in [0.5, 0.6) is 0 Å². The van der Waals surface area contributed by atoms with Crippen LogP contribution in [0.2, 0.25) is 0 Å². The zero-order valence-electron chi connectivity index (χ0n) is 15.2. The third-order valence-electron chi connectivity index (χ3n) is 4.92. The van der Waals surface area contributed by atoms with Crippen LogP contribution >= 0.6 is 11.8 Å². The Hall–Kier alpha value is -2.83. The topological polar surface area (TPSA) is 59.4 Å². The Morgan fingerprint density at radius 1 is 1.07 bits per heavy atom. The number of nitrogens with one attached hydrogen (secondary N) is 1. The van der Waals surface area contributed by atoms with Gasteiger partial charge in [0.05, 0.1) is 11.8 Å². The molecule has 2 aromatic heterocycles. The van der Waals surface area contributed by atoms with Crippen LogP contribution in [-0.2, 0) is 4.74 Å². The lowest BCUT2D eigenvalue weighted by atomic mass is 10.1. The average Bonchev–Trinajstić information content (AvgIpc) is 3.40. The normalized spacial score (nSPS) is 16.6.